The topological polar surface area (TPSA) is 98.7 Å². The number of hydrogen-bond donors (Lipinski definition) is 5. The Kier molecular flexibility index (Phi) is 8.00. The molecule has 0 aliphatic rings. The Morgan fingerprint density at radius 1 is 0.955 bits per heavy atom. The summed E-state index contributed by atoms with van der Waals surface area (Å²) in [5.74, 6) is 0. The van der Waals surface area contributed by atoms with Crippen LogP contribution in [0.2, 0.25) is 0 Å². The van der Waals surface area contributed by atoms with E-state index in [-0.39, 0.29) is 0 Å². The minimum atomic E-state index is -0.439. The quantitative estimate of drug-likeness (QED) is 0.456. The Morgan fingerprint density at radius 3 is 1.82 bits per heavy atom. The van der Waals surface area contributed by atoms with Gasteiger partial charge in [-0.15, -0.1) is 0 Å². The molecule has 1 aromatic rings. The molecule has 0 heterocycles. The first-order valence-corrected chi connectivity index (χ1v) is 7.92. The molecule has 0 amide bonds. The molecule has 0 saturated carbocycles. The summed E-state index contributed by atoms with van der Waals surface area (Å²) >= 11 is 0. The minimum absolute atomic E-state index is 0.391. The lowest BCUT2D eigenvalue weighted by Crippen LogP contribution is -2.24. The summed E-state index contributed by atoms with van der Waals surface area (Å²) < 4.78 is 0. The standard InChI is InChI=1S/C17H30N2O3/c1-11(20)4-15-6-14(10-19-9-13(3)22)7-16(5-12(2)21)17(15)8-18/h6-7,11-13,19-22H,4-5,8-10,18H2,1-3H3. The lowest BCUT2D eigenvalue weighted by Gasteiger charge is -2.19. The largest absolute Gasteiger partial charge is 0.393 e. The molecule has 1 rings (SSSR count). The highest BCUT2D eigenvalue weighted by Crippen LogP contribution is 2.21. The van der Waals surface area contributed by atoms with Crippen molar-refractivity contribution in [1.29, 1.82) is 0 Å². The van der Waals surface area contributed by atoms with Crippen molar-refractivity contribution >= 4 is 0 Å². The summed E-state index contributed by atoms with van der Waals surface area (Å²) in [7, 11) is 0. The van der Waals surface area contributed by atoms with Crippen LogP contribution in [-0.4, -0.2) is 40.2 Å². The van der Waals surface area contributed by atoms with Crippen LogP contribution in [0.25, 0.3) is 0 Å². The second kappa shape index (κ2) is 9.22. The van der Waals surface area contributed by atoms with E-state index in [1.54, 1.807) is 20.8 Å². The highest BCUT2D eigenvalue weighted by atomic mass is 16.3. The van der Waals surface area contributed by atoms with E-state index in [1.807, 2.05) is 0 Å². The van der Waals surface area contributed by atoms with Gasteiger partial charge in [0.05, 0.1) is 18.3 Å². The molecule has 3 atom stereocenters. The molecule has 0 aliphatic carbocycles. The molecule has 0 bridgehead atoms. The lowest BCUT2D eigenvalue weighted by atomic mass is 9.91. The van der Waals surface area contributed by atoms with E-state index in [1.165, 1.54) is 0 Å². The molecule has 0 aromatic heterocycles. The molecule has 0 aliphatic heterocycles. The van der Waals surface area contributed by atoms with Crippen LogP contribution in [-0.2, 0) is 25.9 Å². The first-order valence-electron chi connectivity index (χ1n) is 7.92. The number of aliphatic hydroxyl groups is 3. The van der Waals surface area contributed by atoms with E-state index in [0.29, 0.717) is 32.5 Å². The number of nitrogens with one attached hydrogen (secondary N) is 1. The number of hydrogen-bond acceptors (Lipinski definition) is 5. The predicted molar refractivity (Wildman–Crippen MR) is 88.5 cm³/mol. The summed E-state index contributed by atoms with van der Waals surface area (Å²) in [4.78, 5) is 0. The zero-order valence-electron chi connectivity index (χ0n) is 13.8. The fourth-order valence-electron chi connectivity index (χ4n) is 2.66. The van der Waals surface area contributed by atoms with Gasteiger partial charge in [0.15, 0.2) is 0 Å². The third-order valence-corrected chi connectivity index (χ3v) is 3.50. The van der Waals surface area contributed by atoms with Gasteiger partial charge in [-0.2, -0.15) is 0 Å². The molecule has 1 aromatic carbocycles. The van der Waals surface area contributed by atoms with E-state index < -0.39 is 18.3 Å². The van der Waals surface area contributed by atoms with Crippen molar-refractivity contribution in [3.05, 3.63) is 34.4 Å². The molecule has 22 heavy (non-hydrogen) atoms. The van der Waals surface area contributed by atoms with Crippen molar-refractivity contribution in [3.63, 3.8) is 0 Å². The normalized spacial score (nSPS) is 15.6. The van der Waals surface area contributed by atoms with E-state index in [4.69, 9.17) is 5.73 Å². The van der Waals surface area contributed by atoms with Crippen LogP contribution in [0, 0.1) is 0 Å². The van der Waals surface area contributed by atoms with Crippen LogP contribution in [0.15, 0.2) is 12.1 Å². The van der Waals surface area contributed by atoms with E-state index in [0.717, 1.165) is 22.3 Å². The van der Waals surface area contributed by atoms with Gasteiger partial charge in [-0.05, 0) is 55.9 Å². The maximum atomic E-state index is 9.70. The second-order valence-electron chi connectivity index (χ2n) is 6.18. The van der Waals surface area contributed by atoms with Crippen LogP contribution in [0.3, 0.4) is 0 Å². The van der Waals surface area contributed by atoms with E-state index in [2.05, 4.69) is 17.4 Å². The zero-order chi connectivity index (χ0) is 16.7. The highest BCUT2D eigenvalue weighted by Gasteiger charge is 2.13. The Bertz CT molecular complexity index is 428. The summed E-state index contributed by atoms with van der Waals surface area (Å²) in [6.07, 6.45) is -0.180. The van der Waals surface area contributed by atoms with Gasteiger partial charge in [0.25, 0.3) is 0 Å². The fourth-order valence-corrected chi connectivity index (χ4v) is 2.66. The van der Waals surface area contributed by atoms with Crippen molar-refractivity contribution in [3.8, 4) is 0 Å². The molecule has 3 unspecified atom stereocenters. The van der Waals surface area contributed by atoms with Gasteiger partial charge in [0.2, 0.25) is 0 Å². The highest BCUT2D eigenvalue weighted by molar-refractivity contribution is 5.40. The van der Waals surface area contributed by atoms with Crippen LogP contribution in [0.5, 0.6) is 0 Å². The SMILES string of the molecule is CC(O)CNCc1cc(CC(C)O)c(CN)c(CC(C)O)c1. The molecule has 0 fully saturated rings. The van der Waals surface area contributed by atoms with Gasteiger partial charge in [0, 0.05) is 19.6 Å². The number of aliphatic hydroxyl groups excluding tert-OH is 3. The summed E-state index contributed by atoms with van der Waals surface area (Å²) in [6, 6.07) is 4.10. The molecule has 6 N–H and O–H groups in total. The van der Waals surface area contributed by atoms with Gasteiger partial charge < -0.3 is 26.4 Å². The Morgan fingerprint density at radius 2 is 1.45 bits per heavy atom. The Balaban J connectivity index is 3.05. The lowest BCUT2D eigenvalue weighted by molar-refractivity contribution is 0.191. The van der Waals surface area contributed by atoms with Crippen molar-refractivity contribution in [2.75, 3.05) is 6.54 Å². The van der Waals surface area contributed by atoms with E-state index in [9.17, 15) is 15.3 Å². The van der Waals surface area contributed by atoms with Crippen molar-refractivity contribution in [1.82, 2.24) is 5.32 Å². The average molecular weight is 310 g/mol. The molecule has 0 spiro atoms. The fraction of sp³-hybridized carbons (Fsp3) is 0.647. The summed E-state index contributed by atoms with van der Waals surface area (Å²) in [5.41, 5.74) is 10.0. The van der Waals surface area contributed by atoms with Crippen LogP contribution < -0.4 is 11.1 Å². The van der Waals surface area contributed by atoms with Crippen molar-refractivity contribution in [2.24, 2.45) is 5.73 Å². The molecular formula is C17H30N2O3. The Hall–Kier alpha value is -0.980. The first kappa shape index (κ1) is 19.1. The number of benzene rings is 1. The first-order chi connectivity index (χ1) is 10.3. The van der Waals surface area contributed by atoms with Gasteiger partial charge in [-0.1, -0.05) is 12.1 Å². The third kappa shape index (κ3) is 6.42. The molecule has 5 nitrogen and oxygen atoms in total. The number of rotatable bonds is 9. The van der Waals surface area contributed by atoms with Crippen molar-refractivity contribution < 1.29 is 15.3 Å². The molecular weight excluding hydrogens is 280 g/mol. The monoisotopic (exact) mass is 310 g/mol. The summed E-state index contributed by atoms with van der Waals surface area (Å²) in [6.45, 7) is 6.80. The molecule has 0 saturated heterocycles. The van der Waals surface area contributed by atoms with Crippen LogP contribution >= 0.6 is 0 Å². The van der Waals surface area contributed by atoms with Crippen LogP contribution in [0.4, 0.5) is 0 Å². The smallest absolute Gasteiger partial charge is 0.0636 e. The Labute approximate surface area is 133 Å². The third-order valence-electron chi connectivity index (χ3n) is 3.50. The minimum Gasteiger partial charge on any atom is -0.393 e. The molecule has 5 heteroatoms. The van der Waals surface area contributed by atoms with Crippen molar-refractivity contribution in [2.45, 2.75) is 65.0 Å². The number of nitrogens with two attached hydrogens (primary N) is 1. The second-order valence-corrected chi connectivity index (χ2v) is 6.18. The van der Waals surface area contributed by atoms with Gasteiger partial charge in [-0.3, -0.25) is 0 Å². The maximum Gasteiger partial charge on any atom is 0.0636 e. The van der Waals surface area contributed by atoms with Gasteiger partial charge >= 0.3 is 0 Å². The molecule has 126 valence electrons. The molecule has 0 radical (unpaired) electrons. The van der Waals surface area contributed by atoms with Crippen LogP contribution in [0.1, 0.15) is 43.0 Å². The summed E-state index contributed by atoms with van der Waals surface area (Å²) in [5, 5.41) is 31.9. The van der Waals surface area contributed by atoms with Gasteiger partial charge in [0.1, 0.15) is 0 Å². The van der Waals surface area contributed by atoms with E-state index >= 15 is 0 Å². The predicted octanol–water partition coefficient (Wildman–Crippen LogP) is 0.462. The maximum absolute atomic E-state index is 9.70. The van der Waals surface area contributed by atoms with Gasteiger partial charge in [-0.25, -0.2) is 0 Å². The zero-order valence-corrected chi connectivity index (χ0v) is 13.8. The average Bonchev–Trinajstić information content (AvgIpc) is 2.36.